The second-order valence-electron chi connectivity index (χ2n) is 29.4. The lowest BCUT2D eigenvalue weighted by molar-refractivity contribution is -0.380. The van der Waals surface area contributed by atoms with Gasteiger partial charge in [-0.05, 0) is 113 Å². The van der Waals surface area contributed by atoms with Crippen molar-refractivity contribution in [2.75, 3.05) is 26.4 Å². The van der Waals surface area contributed by atoms with E-state index in [4.69, 9.17) is 42.6 Å². The SMILES string of the molecule is CC[C@H]1O[C@H](OC[C@H]2O[C@@H](O[C@H](CC[C@@H](C)C3CC[C@@]4(C)C5CC=C6C(CC[C@H](O[C@@H]7C[C@H](CO[C@@H]8O[C@H](CO)[C@@H](O)[C@H](O)[C@H]8O)[C@@H](O)[C@H](O)[C@H]7O)C6(C)C)[C@]5(C)[C@H](O)C[C@]34C)C(C)(C)O)[C@H](O[C@@H]3O[C@H](CO)[C@@H](O)[C@H](O)[C@H]3O)[C@@H](O)[C@@H]2O)[C@H](O)[C@@H](O)[C@@H]1O. The van der Waals surface area contributed by atoms with Crippen LogP contribution >= 0.6 is 0 Å². The predicted octanol–water partition coefficient (Wildman–Crippen LogP) is -3.33. The van der Waals surface area contributed by atoms with Crippen LogP contribution in [0.25, 0.3) is 0 Å². The average molecular weight is 1280 g/mol. The minimum atomic E-state index is -1.93. The van der Waals surface area contributed by atoms with E-state index in [0.717, 1.165) is 18.4 Å². The van der Waals surface area contributed by atoms with Crippen molar-refractivity contribution < 1.29 is 135 Å². The largest absolute Gasteiger partial charge is 0.394 e. The van der Waals surface area contributed by atoms with Gasteiger partial charge in [-0.1, -0.05) is 60.1 Å². The summed E-state index contributed by atoms with van der Waals surface area (Å²) in [5.41, 5.74) is -2.20. The van der Waals surface area contributed by atoms with Gasteiger partial charge < -0.3 is 135 Å². The van der Waals surface area contributed by atoms with Crippen molar-refractivity contribution in [3.8, 4) is 0 Å². The Labute approximate surface area is 520 Å². The average Bonchev–Trinajstić information content (AvgIpc) is 1.66. The minimum Gasteiger partial charge on any atom is -0.394 e. The Morgan fingerprint density at radius 3 is 1.69 bits per heavy atom. The third-order valence-electron chi connectivity index (χ3n) is 23.6. The van der Waals surface area contributed by atoms with Crippen LogP contribution in [0.3, 0.4) is 0 Å². The molecule has 0 bridgehead atoms. The molecule has 3 unspecified atom stereocenters. The van der Waals surface area contributed by atoms with Crippen molar-refractivity contribution >= 4 is 0 Å². The van der Waals surface area contributed by atoms with E-state index in [2.05, 4.69) is 47.6 Å². The number of hydrogen-bond donors (Lipinski definition) is 18. The van der Waals surface area contributed by atoms with Gasteiger partial charge in [-0.3, -0.25) is 0 Å². The van der Waals surface area contributed by atoms with Gasteiger partial charge in [-0.15, -0.1) is 0 Å². The van der Waals surface area contributed by atoms with Crippen LogP contribution in [0.1, 0.15) is 127 Å². The molecule has 0 aromatic heterocycles. The second-order valence-corrected chi connectivity index (χ2v) is 29.4. The van der Waals surface area contributed by atoms with Crippen LogP contribution in [-0.2, 0) is 42.6 Å². The van der Waals surface area contributed by atoms with Gasteiger partial charge in [0.2, 0.25) is 0 Å². The lowest BCUT2D eigenvalue weighted by atomic mass is 9.38. The van der Waals surface area contributed by atoms with E-state index in [-0.39, 0.29) is 60.4 Å². The van der Waals surface area contributed by atoms with Crippen molar-refractivity contribution in [2.45, 2.75) is 298 Å². The topological polar surface area (TPSA) is 447 Å². The number of aliphatic hydroxyl groups excluding tert-OH is 17. The maximum atomic E-state index is 12.9. The molecule has 4 aliphatic heterocycles. The predicted molar refractivity (Wildman–Crippen MR) is 307 cm³/mol. The molecule has 18 N–H and O–H groups in total. The van der Waals surface area contributed by atoms with Crippen LogP contribution in [0.5, 0.6) is 0 Å². The zero-order valence-corrected chi connectivity index (χ0v) is 52.7. The standard InChI is InChI=1S/C62H106O27/c1-10-30-40(67)46(73)50(77)55(84-30)82-24-34-44(71)49(76)53(89-56-52(79)48(75)43(70)33(22-64)86-56)57(87-34)88-38(59(5,6)80)15-11-25(2)27-17-18-60(7)35-14-12-28-29(62(35,9)36(65)20-61(27,60)8)13-16-37(58(28,3)4)83-31-19-26(39(66)45(72)41(31)68)23-81-54-51(78)47(74)42(69)32(21-63)85-54/h12,25-27,29-57,63-80H,10-11,13-24H2,1-9H3/t25-,26-,27?,29?,30-,31-,32-,33-,34-,35?,36-,37+,38-,39-,40-,41+,42-,43-,44-,45+,46+,47+,48+,49+,50-,51-,52-,53-,54-,55+,56+,57+,60+,61-,62+/m1/s1. The molecule has 27 nitrogen and oxygen atoms in total. The number of hydrogen-bond acceptors (Lipinski definition) is 27. The van der Waals surface area contributed by atoms with E-state index in [1.165, 1.54) is 13.8 Å². The van der Waals surface area contributed by atoms with Crippen LogP contribution in [0.4, 0.5) is 0 Å². The number of aliphatic hydroxyl groups is 18. The quantitative estimate of drug-likeness (QED) is 0.0530. The fourth-order valence-electron chi connectivity index (χ4n) is 17.7. The molecule has 0 radical (unpaired) electrons. The van der Waals surface area contributed by atoms with E-state index in [9.17, 15) is 91.9 Å². The lowest BCUT2D eigenvalue weighted by Crippen LogP contribution is -2.65. The molecule has 9 rings (SSSR count). The maximum Gasteiger partial charge on any atom is 0.187 e. The van der Waals surface area contributed by atoms with Gasteiger partial charge in [0.1, 0.15) is 104 Å². The van der Waals surface area contributed by atoms with Gasteiger partial charge in [0.25, 0.3) is 0 Å². The Hall–Kier alpha value is -1.34. The Balaban J connectivity index is 0.883. The van der Waals surface area contributed by atoms with E-state index < -0.39 is 208 Å². The highest BCUT2D eigenvalue weighted by molar-refractivity contribution is 5.32. The van der Waals surface area contributed by atoms with Gasteiger partial charge in [0.15, 0.2) is 25.2 Å². The van der Waals surface area contributed by atoms with Crippen molar-refractivity contribution in [3.63, 3.8) is 0 Å². The van der Waals surface area contributed by atoms with E-state index in [1.807, 2.05) is 0 Å². The van der Waals surface area contributed by atoms with E-state index in [1.54, 1.807) is 6.92 Å². The van der Waals surface area contributed by atoms with Gasteiger partial charge in [0.05, 0.1) is 68.7 Å². The first-order valence-electron chi connectivity index (χ1n) is 32.3. The summed E-state index contributed by atoms with van der Waals surface area (Å²) < 4.78 is 54.2. The smallest absolute Gasteiger partial charge is 0.187 e. The van der Waals surface area contributed by atoms with Crippen LogP contribution in [0, 0.1) is 51.2 Å². The molecule has 9 aliphatic rings. The van der Waals surface area contributed by atoms with Gasteiger partial charge >= 0.3 is 0 Å². The molecule has 4 heterocycles. The van der Waals surface area contributed by atoms with Crippen LogP contribution < -0.4 is 0 Å². The molecule has 4 saturated heterocycles. The Morgan fingerprint density at radius 2 is 1.10 bits per heavy atom. The van der Waals surface area contributed by atoms with Crippen molar-refractivity contribution in [2.24, 2.45) is 51.2 Å². The molecule has 0 spiro atoms. The van der Waals surface area contributed by atoms with Gasteiger partial charge in [0, 0.05) is 16.7 Å². The maximum absolute atomic E-state index is 12.9. The Kier molecular flexibility index (Phi) is 22.3. The zero-order valence-electron chi connectivity index (χ0n) is 52.7. The molecule has 516 valence electrons. The first kappa shape index (κ1) is 71.9. The highest BCUT2D eigenvalue weighted by Crippen LogP contribution is 2.75. The lowest BCUT2D eigenvalue weighted by Gasteiger charge is -2.67. The van der Waals surface area contributed by atoms with Crippen molar-refractivity contribution in [1.29, 1.82) is 0 Å². The summed E-state index contributed by atoms with van der Waals surface area (Å²) in [6.45, 7) is 15.7. The molecule has 8 fully saturated rings. The Morgan fingerprint density at radius 1 is 0.573 bits per heavy atom. The molecule has 4 saturated carbocycles. The van der Waals surface area contributed by atoms with Crippen molar-refractivity contribution in [3.05, 3.63) is 11.6 Å². The summed E-state index contributed by atoms with van der Waals surface area (Å²) in [5.74, 6) is -0.682. The number of allylic oxidation sites excluding steroid dienone is 1. The molecular formula is C62H106O27. The highest BCUT2D eigenvalue weighted by atomic mass is 16.8. The first-order chi connectivity index (χ1) is 41.6. The number of fused-ring (bicyclic) bond motifs is 5. The fourth-order valence-corrected chi connectivity index (χ4v) is 17.7. The molecule has 35 atom stereocenters. The molecule has 27 heteroatoms. The number of rotatable bonds is 20. The van der Waals surface area contributed by atoms with Gasteiger partial charge in [-0.25, -0.2) is 0 Å². The van der Waals surface area contributed by atoms with Crippen molar-refractivity contribution in [1.82, 2.24) is 0 Å². The summed E-state index contributed by atoms with van der Waals surface area (Å²) >= 11 is 0. The molecule has 0 aromatic carbocycles. The highest BCUT2D eigenvalue weighted by Gasteiger charge is 2.70. The van der Waals surface area contributed by atoms with E-state index in [0.29, 0.717) is 32.1 Å². The molecule has 5 aliphatic carbocycles. The third-order valence-corrected chi connectivity index (χ3v) is 23.6. The molecular weight excluding hydrogens is 1180 g/mol. The zero-order chi connectivity index (χ0) is 65.5. The molecule has 0 amide bonds. The summed E-state index contributed by atoms with van der Waals surface area (Å²) in [6.07, 6.45) is -32.3. The first-order valence-corrected chi connectivity index (χ1v) is 32.3. The van der Waals surface area contributed by atoms with Crippen LogP contribution in [-0.4, -0.2) is 289 Å². The molecule has 0 aromatic rings. The normalized spacial score (nSPS) is 51.8. The third kappa shape index (κ3) is 13.1. The second kappa shape index (κ2) is 27.6. The summed E-state index contributed by atoms with van der Waals surface area (Å²) in [4.78, 5) is 0. The Bertz CT molecular complexity index is 2340. The summed E-state index contributed by atoms with van der Waals surface area (Å²) in [7, 11) is 0. The fraction of sp³-hybridized carbons (Fsp3) is 0.968. The van der Waals surface area contributed by atoms with Crippen LogP contribution in [0.15, 0.2) is 11.6 Å². The number of ether oxygens (including phenoxy) is 9. The van der Waals surface area contributed by atoms with E-state index >= 15 is 0 Å². The summed E-state index contributed by atoms with van der Waals surface area (Å²) in [6, 6.07) is 0. The summed E-state index contributed by atoms with van der Waals surface area (Å²) in [5, 5.41) is 196. The monoisotopic (exact) mass is 1280 g/mol. The minimum absolute atomic E-state index is 0.00793. The van der Waals surface area contributed by atoms with Gasteiger partial charge in [-0.2, -0.15) is 0 Å². The van der Waals surface area contributed by atoms with Crippen LogP contribution in [0.2, 0.25) is 0 Å². The molecule has 89 heavy (non-hydrogen) atoms.